The topological polar surface area (TPSA) is 37.4 Å². The number of aryl methyl sites for hydroxylation is 1. The first-order valence-electron chi connectivity index (χ1n) is 4.05. The van der Waals surface area contributed by atoms with E-state index in [1.807, 2.05) is 25.9 Å². The highest BCUT2D eigenvalue weighted by Crippen LogP contribution is 2.24. The molecule has 0 aliphatic rings. The molecule has 0 radical (unpaired) electrons. The van der Waals surface area contributed by atoms with Gasteiger partial charge in [0.2, 0.25) is 0 Å². The summed E-state index contributed by atoms with van der Waals surface area (Å²) in [5, 5.41) is 0. The molecular formula is C9H12ClNO2S. The number of hydrogen-bond donors (Lipinski definition) is 0. The summed E-state index contributed by atoms with van der Waals surface area (Å²) in [6.07, 6.45) is 0. The molecule has 78 valence electrons. The predicted molar refractivity (Wildman–Crippen MR) is 58.5 cm³/mol. The highest BCUT2D eigenvalue weighted by molar-refractivity contribution is 8.13. The summed E-state index contributed by atoms with van der Waals surface area (Å²) >= 11 is 0. The molecule has 0 amide bonds. The maximum atomic E-state index is 11.1. The number of rotatable bonds is 2. The molecule has 0 saturated carbocycles. The molecule has 0 saturated heterocycles. The number of nitrogens with zero attached hydrogens (tertiary/aromatic N) is 1. The fourth-order valence-corrected chi connectivity index (χ4v) is 1.99. The number of halogens is 1. The quantitative estimate of drug-likeness (QED) is 0.734. The van der Waals surface area contributed by atoms with Crippen LogP contribution in [-0.2, 0) is 9.05 Å². The predicted octanol–water partition coefficient (Wildman–Crippen LogP) is 1.99. The van der Waals surface area contributed by atoms with Gasteiger partial charge < -0.3 is 4.90 Å². The summed E-state index contributed by atoms with van der Waals surface area (Å²) in [6.45, 7) is 1.92. The van der Waals surface area contributed by atoms with Gasteiger partial charge in [-0.2, -0.15) is 0 Å². The van der Waals surface area contributed by atoms with Crippen LogP contribution in [0.1, 0.15) is 5.56 Å². The molecule has 0 heterocycles. The van der Waals surface area contributed by atoms with E-state index in [9.17, 15) is 8.42 Å². The fraction of sp³-hybridized carbons (Fsp3) is 0.333. The average Bonchev–Trinajstić information content (AvgIpc) is 2.02. The van der Waals surface area contributed by atoms with Gasteiger partial charge in [0.25, 0.3) is 9.05 Å². The molecule has 5 heteroatoms. The van der Waals surface area contributed by atoms with Crippen molar-refractivity contribution in [3.05, 3.63) is 23.8 Å². The summed E-state index contributed by atoms with van der Waals surface area (Å²) in [5.74, 6) is 0. The van der Waals surface area contributed by atoms with Crippen molar-refractivity contribution >= 4 is 25.4 Å². The molecule has 0 spiro atoms. The Bertz CT molecular complexity index is 440. The van der Waals surface area contributed by atoms with Gasteiger partial charge in [0, 0.05) is 30.5 Å². The van der Waals surface area contributed by atoms with Crippen LogP contribution in [0.2, 0.25) is 0 Å². The zero-order valence-corrected chi connectivity index (χ0v) is 9.85. The van der Waals surface area contributed by atoms with E-state index in [1.54, 1.807) is 12.1 Å². The molecule has 0 aliphatic carbocycles. The second-order valence-electron chi connectivity index (χ2n) is 3.28. The van der Waals surface area contributed by atoms with Crippen molar-refractivity contribution in [3.63, 3.8) is 0 Å². The van der Waals surface area contributed by atoms with Crippen LogP contribution in [-0.4, -0.2) is 22.5 Å². The Morgan fingerprint density at radius 1 is 1.29 bits per heavy atom. The smallest absolute Gasteiger partial charge is 0.261 e. The molecule has 1 aromatic carbocycles. The van der Waals surface area contributed by atoms with Crippen molar-refractivity contribution in [2.24, 2.45) is 0 Å². The van der Waals surface area contributed by atoms with Gasteiger partial charge in [0.1, 0.15) is 0 Å². The lowest BCUT2D eigenvalue weighted by Gasteiger charge is -2.15. The van der Waals surface area contributed by atoms with Gasteiger partial charge in [0.15, 0.2) is 0 Å². The normalized spacial score (nSPS) is 11.4. The van der Waals surface area contributed by atoms with Gasteiger partial charge in [0.05, 0.1) is 4.90 Å². The van der Waals surface area contributed by atoms with Crippen molar-refractivity contribution in [2.75, 3.05) is 19.0 Å². The molecule has 0 fully saturated rings. The second-order valence-corrected chi connectivity index (χ2v) is 5.85. The first kappa shape index (κ1) is 11.3. The Kier molecular flexibility index (Phi) is 3.07. The Morgan fingerprint density at radius 2 is 1.86 bits per heavy atom. The monoisotopic (exact) mass is 233 g/mol. The van der Waals surface area contributed by atoms with E-state index < -0.39 is 9.05 Å². The van der Waals surface area contributed by atoms with Gasteiger partial charge in [-0.15, -0.1) is 0 Å². The Balaban J connectivity index is 3.34. The molecule has 0 bridgehead atoms. The average molecular weight is 234 g/mol. The summed E-state index contributed by atoms with van der Waals surface area (Å²) in [4.78, 5) is 1.98. The molecule has 0 N–H and O–H groups in total. The van der Waals surface area contributed by atoms with E-state index in [0.717, 1.165) is 11.3 Å². The standard InChI is InChI=1S/C9H12ClNO2S/c1-7-4-5-8(14(10,12)13)6-9(7)11(2)3/h4-6H,1-3H3. The first-order valence-corrected chi connectivity index (χ1v) is 6.36. The maximum absolute atomic E-state index is 11.1. The van der Waals surface area contributed by atoms with Crippen LogP contribution in [0.3, 0.4) is 0 Å². The van der Waals surface area contributed by atoms with Gasteiger partial charge in [-0.1, -0.05) is 6.07 Å². The van der Waals surface area contributed by atoms with Gasteiger partial charge in [-0.05, 0) is 24.6 Å². The number of benzene rings is 1. The third-order valence-corrected chi connectivity index (χ3v) is 3.30. The van der Waals surface area contributed by atoms with E-state index >= 15 is 0 Å². The SMILES string of the molecule is Cc1ccc(S(=O)(=O)Cl)cc1N(C)C. The molecular weight excluding hydrogens is 222 g/mol. The molecule has 1 aromatic rings. The highest BCUT2D eigenvalue weighted by Gasteiger charge is 2.12. The minimum Gasteiger partial charge on any atom is -0.377 e. The van der Waals surface area contributed by atoms with E-state index in [-0.39, 0.29) is 4.90 Å². The van der Waals surface area contributed by atoms with Crippen LogP contribution < -0.4 is 4.90 Å². The Morgan fingerprint density at radius 3 is 2.29 bits per heavy atom. The van der Waals surface area contributed by atoms with Gasteiger partial charge in [-0.3, -0.25) is 0 Å². The van der Waals surface area contributed by atoms with Crippen LogP contribution in [0.4, 0.5) is 5.69 Å². The van der Waals surface area contributed by atoms with Crippen molar-refractivity contribution in [3.8, 4) is 0 Å². The minimum absolute atomic E-state index is 0.133. The van der Waals surface area contributed by atoms with Crippen LogP contribution in [0.5, 0.6) is 0 Å². The van der Waals surface area contributed by atoms with Gasteiger partial charge in [-0.25, -0.2) is 8.42 Å². The van der Waals surface area contributed by atoms with E-state index in [1.165, 1.54) is 6.07 Å². The first-order chi connectivity index (χ1) is 6.32. The van der Waals surface area contributed by atoms with Crippen LogP contribution >= 0.6 is 10.7 Å². The third-order valence-electron chi connectivity index (χ3n) is 1.94. The lowest BCUT2D eigenvalue weighted by molar-refractivity contribution is 0.609. The maximum Gasteiger partial charge on any atom is 0.261 e. The molecule has 1 rings (SSSR count). The van der Waals surface area contributed by atoms with Crippen molar-refractivity contribution < 1.29 is 8.42 Å². The third kappa shape index (κ3) is 2.39. The molecule has 14 heavy (non-hydrogen) atoms. The largest absolute Gasteiger partial charge is 0.377 e. The lowest BCUT2D eigenvalue weighted by atomic mass is 10.2. The van der Waals surface area contributed by atoms with Crippen molar-refractivity contribution in [1.82, 2.24) is 0 Å². The molecule has 0 atom stereocenters. The zero-order valence-electron chi connectivity index (χ0n) is 8.28. The summed E-state index contributed by atoms with van der Waals surface area (Å²) in [5.41, 5.74) is 1.87. The number of hydrogen-bond acceptors (Lipinski definition) is 3. The van der Waals surface area contributed by atoms with E-state index in [4.69, 9.17) is 10.7 Å². The Labute approximate surface area is 88.7 Å². The summed E-state index contributed by atoms with van der Waals surface area (Å²) in [6, 6.07) is 4.81. The van der Waals surface area contributed by atoms with E-state index in [0.29, 0.717) is 0 Å². The van der Waals surface area contributed by atoms with Crippen LogP contribution in [0.25, 0.3) is 0 Å². The van der Waals surface area contributed by atoms with E-state index in [2.05, 4.69) is 0 Å². The number of anilines is 1. The highest BCUT2D eigenvalue weighted by atomic mass is 35.7. The van der Waals surface area contributed by atoms with Crippen molar-refractivity contribution in [2.45, 2.75) is 11.8 Å². The van der Waals surface area contributed by atoms with Crippen molar-refractivity contribution in [1.29, 1.82) is 0 Å². The van der Waals surface area contributed by atoms with Crippen LogP contribution in [0, 0.1) is 6.92 Å². The zero-order chi connectivity index (χ0) is 10.9. The molecule has 0 unspecified atom stereocenters. The van der Waals surface area contributed by atoms with Gasteiger partial charge >= 0.3 is 0 Å². The van der Waals surface area contributed by atoms with Crippen LogP contribution in [0.15, 0.2) is 23.1 Å². The lowest BCUT2D eigenvalue weighted by Crippen LogP contribution is -2.10. The molecule has 3 nitrogen and oxygen atoms in total. The Hall–Kier alpha value is -0.740. The summed E-state index contributed by atoms with van der Waals surface area (Å²) in [7, 11) is 5.32. The molecule has 0 aliphatic heterocycles. The second kappa shape index (κ2) is 3.79. The fourth-order valence-electron chi connectivity index (χ4n) is 1.22. The molecule has 0 aromatic heterocycles. The summed E-state index contributed by atoms with van der Waals surface area (Å²) < 4.78 is 22.1. The minimum atomic E-state index is -3.63.